The number of amides is 1. The van der Waals surface area contributed by atoms with E-state index in [1.54, 1.807) is 11.0 Å². The zero-order valence-corrected chi connectivity index (χ0v) is 10.6. The Morgan fingerprint density at radius 1 is 1.61 bits per heavy atom. The van der Waals surface area contributed by atoms with Crippen molar-refractivity contribution >= 4 is 5.91 Å². The second kappa shape index (κ2) is 6.60. The SMILES string of the molecule is CC(C)CN(CCC#N)C(=O)c1ncccc1O. The highest BCUT2D eigenvalue weighted by Crippen LogP contribution is 2.16. The molecule has 5 nitrogen and oxygen atoms in total. The van der Waals surface area contributed by atoms with Crippen molar-refractivity contribution in [3.05, 3.63) is 24.0 Å². The molecule has 1 heterocycles. The van der Waals surface area contributed by atoms with Crippen molar-refractivity contribution in [2.45, 2.75) is 20.3 Å². The van der Waals surface area contributed by atoms with Crippen molar-refractivity contribution in [2.75, 3.05) is 13.1 Å². The van der Waals surface area contributed by atoms with Crippen LogP contribution in [0, 0.1) is 17.2 Å². The molecule has 0 saturated heterocycles. The largest absolute Gasteiger partial charge is 0.505 e. The van der Waals surface area contributed by atoms with Crippen LogP contribution in [0.2, 0.25) is 0 Å². The zero-order chi connectivity index (χ0) is 13.5. The fourth-order valence-electron chi connectivity index (χ4n) is 1.61. The molecular weight excluding hydrogens is 230 g/mol. The number of rotatable bonds is 5. The average molecular weight is 247 g/mol. The van der Waals surface area contributed by atoms with Crippen LogP contribution in [0.1, 0.15) is 30.8 Å². The van der Waals surface area contributed by atoms with Gasteiger partial charge in [-0.3, -0.25) is 4.79 Å². The number of aromatic nitrogens is 1. The summed E-state index contributed by atoms with van der Waals surface area (Å²) >= 11 is 0. The van der Waals surface area contributed by atoms with Gasteiger partial charge in [0.25, 0.3) is 5.91 Å². The van der Waals surface area contributed by atoms with Gasteiger partial charge in [-0.25, -0.2) is 4.98 Å². The van der Waals surface area contributed by atoms with Crippen LogP contribution >= 0.6 is 0 Å². The van der Waals surface area contributed by atoms with Gasteiger partial charge >= 0.3 is 0 Å². The van der Waals surface area contributed by atoms with Gasteiger partial charge in [0.15, 0.2) is 5.69 Å². The standard InChI is InChI=1S/C13H17N3O2/c1-10(2)9-16(8-4-6-14)13(18)12-11(17)5-3-7-15-12/h3,5,7,10,17H,4,8-9H2,1-2H3. The Bertz CT molecular complexity index is 452. The van der Waals surface area contributed by atoms with Crippen molar-refractivity contribution in [1.29, 1.82) is 5.26 Å². The van der Waals surface area contributed by atoms with Gasteiger partial charge in [0.1, 0.15) is 5.75 Å². The van der Waals surface area contributed by atoms with E-state index in [4.69, 9.17) is 5.26 Å². The van der Waals surface area contributed by atoms with Crippen LogP contribution in [0.5, 0.6) is 5.75 Å². The first-order valence-corrected chi connectivity index (χ1v) is 5.86. The Morgan fingerprint density at radius 3 is 2.89 bits per heavy atom. The summed E-state index contributed by atoms with van der Waals surface area (Å²) in [4.78, 5) is 17.6. The predicted molar refractivity (Wildman–Crippen MR) is 66.9 cm³/mol. The maximum Gasteiger partial charge on any atom is 0.276 e. The molecule has 0 aliphatic rings. The second-order valence-electron chi connectivity index (χ2n) is 4.42. The summed E-state index contributed by atoms with van der Waals surface area (Å²) in [6.45, 7) is 4.87. The van der Waals surface area contributed by atoms with Crippen LogP contribution < -0.4 is 0 Å². The van der Waals surface area contributed by atoms with Crippen molar-refractivity contribution in [3.63, 3.8) is 0 Å². The van der Waals surface area contributed by atoms with E-state index in [-0.39, 0.29) is 23.8 Å². The highest BCUT2D eigenvalue weighted by molar-refractivity contribution is 5.94. The molecule has 1 aromatic heterocycles. The zero-order valence-electron chi connectivity index (χ0n) is 10.6. The van der Waals surface area contributed by atoms with Crippen LogP contribution in [0.25, 0.3) is 0 Å². The molecule has 0 bridgehead atoms. The molecule has 0 spiro atoms. The van der Waals surface area contributed by atoms with Crippen LogP contribution in [-0.2, 0) is 0 Å². The first-order valence-electron chi connectivity index (χ1n) is 5.86. The van der Waals surface area contributed by atoms with Gasteiger partial charge in [-0.15, -0.1) is 0 Å². The lowest BCUT2D eigenvalue weighted by molar-refractivity contribution is 0.0730. The summed E-state index contributed by atoms with van der Waals surface area (Å²) in [5, 5.41) is 18.2. The summed E-state index contributed by atoms with van der Waals surface area (Å²) in [5.41, 5.74) is 0.0380. The van der Waals surface area contributed by atoms with E-state index in [0.717, 1.165) is 0 Å². The predicted octanol–water partition coefficient (Wildman–Crippen LogP) is 1.80. The lowest BCUT2D eigenvalue weighted by atomic mass is 10.2. The molecule has 96 valence electrons. The molecule has 0 fully saturated rings. The molecule has 0 aliphatic heterocycles. The molecule has 1 N–H and O–H groups in total. The third kappa shape index (κ3) is 3.74. The van der Waals surface area contributed by atoms with Gasteiger partial charge in [-0.05, 0) is 18.1 Å². The molecule has 1 rings (SSSR count). The van der Waals surface area contributed by atoms with Crippen LogP contribution in [0.4, 0.5) is 0 Å². The summed E-state index contributed by atoms with van der Waals surface area (Å²) in [5.74, 6) is -0.177. The van der Waals surface area contributed by atoms with Crippen LogP contribution in [0.3, 0.4) is 0 Å². The topological polar surface area (TPSA) is 77.2 Å². The van der Waals surface area contributed by atoms with Gasteiger partial charge in [0.05, 0.1) is 12.5 Å². The van der Waals surface area contributed by atoms with Crippen LogP contribution in [0.15, 0.2) is 18.3 Å². The number of pyridine rings is 1. The minimum absolute atomic E-state index is 0.0380. The number of carbonyl (C=O) groups is 1. The highest BCUT2D eigenvalue weighted by Gasteiger charge is 2.20. The number of hydrogen-bond donors (Lipinski definition) is 1. The lowest BCUT2D eigenvalue weighted by Gasteiger charge is -2.23. The maximum absolute atomic E-state index is 12.2. The smallest absolute Gasteiger partial charge is 0.276 e. The van der Waals surface area contributed by atoms with Crippen molar-refractivity contribution < 1.29 is 9.90 Å². The van der Waals surface area contributed by atoms with E-state index < -0.39 is 0 Å². The Balaban J connectivity index is 2.88. The van der Waals surface area contributed by atoms with Crippen LogP contribution in [-0.4, -0.2) is 34.0 Å². The minimum Gasteiger partial charge on any atom is -0.505 e. The molecule has 5 heteroatoms. The highest BCUT2D eigenvalue weighted by atomic mass is 16.3. The van der Waals surface area contributed by atoms with Gasteiger partial charge < -0.3 is 10.0 Å². The minimum atomic E-state index is -0.336. The molecule has 0 atom stereocenters. The molecule has 1 amide bonds. The van der Waals surface area contributed by atoms with Gasteiger partial charge in [-0.2, -0.15) is 5.26 Å². The lowest BCUT2D eigenvalue weighted by Crippen LogP contribution is -2.35. The summed E-state index contributed by atoms with van der Waals surface area (Å²) in [6.07, 6.45) is 1.73. The molecule has 18 heavy (non-hydrogen) atoms. The first-order chi connectivity index (χ1) is 8.56. The monoisotopic (exact) mass is 247 g/mol. The molecule has 0 unspecified atom stereocenters. The first kappa shape index (κ1) is 14.0. The number of nitrogens with zero attached hydrogens (tertiary/aromatic N) is 3. The second-order valence-corrected chi connectivity index (χ2v) is 4.42. The molecule has 0 saturated carbocycles. The van der Waals surface area contributed by atoms with Crippen molar-refractivity contribution in [2.24, 2.45) is 5.92 Å². The summed E-state index contributed by atoms with van der Waals surface area (Å²) in [7, 11) is 0. The molecule has 0 aliphatic carbocycles. The fourth-order valence-corrected chi connectivity index (χ4v) is 1.61. The average Bonchev–Trinajstić information content (AvgIpc) is 2.34. The van der Waals surface area contributed by atoms with Gasteiger partial charge in [0, 0.05) is 19.3 Å². The molecule has 1 aromatic rings. The third-order valence-electron chi connectivity index (χ3n) is 2.36. The number of carbonyl (C=O) groups excluding carboxylic acids is 1. The molecule has 0 aromatic carbocycles. The Labute approximate surface area is 107 Å². The van der Waals surface area contributed by atoms with E-state index in [0.29, 0.717) is 19.0 Å². The van der Waals surface area contributed by atoms with Gasteiger partial charge in [-0.1, -0.05) is 13.8 Å². The third-order valence-corrected chi connectivity index (χ3v) is 2.36. The number of nitriles is 1. The number of hydrogen-bond acceptors (Lipinski definition) is 4. The fraction of sp³-hybridized carbons (Fsp3) is 0.462. The van der Waals surface area contributed by atoms with E-state index in [1.807, 2.05) is 19.9 Å². The van der Waals surface area contributed by atoms with Gasteiger partial charge in [0.2, 0.25) is 0 Å². The normalized spacial score (nSPS) is 10.1. The summed E-state index contributed by atoms with van der Waals surface area (Å²) in [6, 6.07) is 5.01. The quantitative estimate of drug-likeness (QED) is 0.860. The molecule has 0 radical (unpaired) electrons. The van der Waals surface area contributed by atoms with Crippen molar-refractivity contribution in [1.82, 2.24) is 9.88 Å². The van der Waals surface area contributed by atoms with Crippen molar-refractivity contribution in [3.8, 4) is 11.8 Å². The van der Waals surface area contributed by atoms with E-state index in [9.17, 15) is 9.90 Å². The Hall–Kier alpha value is -2.09. The summed E-state index contributed by atoms with van der Waals surface area (Å²) < 4.78 is 0. The Morgan fingerprint density at radius 2 is 2.33 bits per heavy atom. The number of aromatic hydroxyl groups is 1. The Kier molecular flexibility index (Phi) is 5.12. The molecular formula is C13H17N3O2. The van der Waals surface area contributed by atoms with E-state index >= 15 is 0 Å². The van der Waals surface area contributed by atoms with E-state index in [2.05, 4.69) is 4.98 Å². The maximum atomic E-state index is 12.2. The van der Waals surface area contributed by atoms with E-state index in [1.165, 1.54) is 12.3 Å².